The lowest BCUT2D eigenvalue weighted by atomic mass is 10.3. The molecule has 16 heavy (non-hydrogen) atoms. The molecule has 84 valence electrons. The largest absolute Gasteiger partial charge is 0.325 e. The minimum atomic E-state index is 0.374. The van der Waals surface area contributed by atoms with Crippen LogP contribution in [-0.4, -0.2) is 9.78 Å². The molecule has 2 rings (SSSR count). The lowest BCUT2D eigenvalue weighted by Crippen LogP contribution is -2.01. The van der Waals surface area contributed by atoms with E-state index in [1.165, 1.54) is 0 Å². The number of hydrogen-bond acceptors (Lipinski definition) is 2. The lowest BCUT2D eigenvalue weighted by molar-refractivity contribution is 0.833. The van der Waals surface area contributed by atoms with Crippen LogP contribution in [0.2, 0.25) is 10.0 Å². The highest BCUT2D eigenvalue weighted by Gasteiger charge is 2.09. The molecule has 0 spiro atoms. The molecule has 0 aliphatic heterocycles. The van der Waals surface area contributed by atoms with Crippen molar-refractivity contribution in [2.45, 2.75) is 6.54 Å². The van der Waals surface area contributed by atoms with Crippen molar-refractivity contribution in [3.8, 4) is 5.69 Å². The van der Waals surface area contributed by atoms with Gasteiger partial charge in [0.25, 0.3) is 0 Å². The van der Waals surface area contributed by atoms with Crippen LogP contribution in [0.3, 0.4) is 0 Å². The first kappa shape index (κ1) is 11.9. The summed E-state index contributed by atoms with van der Waals surface area (Å²) in [5.74, 6) is 0. The second-order valence-corrected chi connectivity index (χ2v) is 4.87. The fourth-order valence-corrected chi connectivity index (χ4v) is 2.25. The van der Waals surface area contributed by atoms with Gasteiger partial charge in [0, 0.05) is 17.8 Å². The average Bonchev–Trinajstić information content (AvgIpc) is 2.59. The zero-order chi connectivity index (χ0) is 11.7. The summed E-state index contributed by atoms with van der Waals surface area (Å²) in [4.78, 5) is 0. The van der Waals surface area contributed by atoms with E-state index in [-0.39, 0.29) is 0 Å². The maximum absolute atomic E-state index is 6.08. The summed E-state index contributed by atoms with van der Waals surface area (Å²) in [5.41, 5.74) is 7.10. The molecule has 0 amide bonds. The summed E-state index contributed by atoms with van der Waals surface area (Å²) in [6, 6.07) is 5.25. The minimum absolute atomic E-state index is 0.374. The molecule has 6 heteroatoms. The van der Waals surface area contributed by atoms with Crippen molar-refractivity contribution in [2.75, 3.05) is 0 Å². The average molecular weight is 321 g/mol. The standard InChI is InChI=1S/C10H8BrCl2N3/c11-7-5-16(15-9(7)4-14)10-2-1-6(12)3-8(10)13/h1-3,5H,4,14H2. The van der Waals surface area contributed by atoms with Crippen LogP contribution in [0, 0.1) is 0 Å². The van der Waals surface area contributed by atoms with Gasteiger partial charge in [0.05, 0.1) is 20.9 Å². The monoisotopic (exact) mass is 319 g/mol. The van der Waals surface area contributed by atoms with Gasteiger partial charge in [0.2, 0.25) is 0 Å². The van der Waals surface area contributed by atoms with Gasteiger partial charge >= 0.3 is 0 Å². The van der Waals surface area contributed by atoms with Crippen LogP contribution in [0.1, 0.15) is 5.69 Å². The Kier molecular flexibility index (Phi) is 3.54. The molecule has 3 nitrogen and oxygen atoms in total. The predicted molar refractivity (Wildman–Crippen MR) is 69.2 cm³/mol. The highest BCUT2D eigenvalue weighted by Crippen LogP contribution is 2.25. The molecule has 0 saturated heterocycles. The zero-order valence-corrected chi connectivity index (χ0v) is 11.2. The SMILES string of the molecule is NCc1nn(-c2ccc(Cl)cc2Cl)cc1Br. The van der Waals surface area contributed by atoms with Crippen molar-refractivity contribution in [3.05, 3.63) is 44.6 Å². The number of aromatic nitrogens is 2. The first-order valence-electron chi connectivity index (χ1n) is 4.51. The normalized spacial score (nSPS) is 10.8. The Bertz CT molecular complexity index is 525. The number of nitrogens with zero attached hydrogens (tertiary/aromatic N) is 2. The fourth-order valence-electron chi connectivity index (χ4n) is 1.32. The molecule has 1 heterocycles. The third-order valence-electron chi connectivity index (χ3n) is 2.09. The van der Waals surface area contributed by atoms with E-state index >= 15 is 0 Å². The molecule has 0 bridgehead atoms. The molecule has 2 N–H and O–H groups in total. The first-order valence-corrected chi connectivity index (χ1v) is 6.06. The van der Waals surface area contributed by atoms with E-state index < -0.39 is 0 Å². The summed E-state index contributed by atoms with van der Waals surface area (Å²) in [6.45, 7) is 0.374. The number of benzene rings is 1. The Labute approximate surface area is 111 Å². The molecule has 0 atom stereocenters. The van der Waals surface area contributed by atoms with Gasteiger partial charge in [-0.05, 0) is 34.1 Å². The molecular weight excluding hydrogens is 313 g/mol. The minimum Gasteiger partial charge on any atom is -0.325 e. The molecule has 0 radical (unpaired) electrons. The number of rotatable bonds is 2. The maximum Gasteiger partial charge on any atom is 0.0906 e. The maximum atomic E-state index is 6.08. The van der Waals surface area contributed by atoms with Crippen molar-refractivity contribution in [1.29, 1.82) is 0 Å². The van der Waals surface area contributed by atoms with Crippen molar-refractivity contribution in [3.63, 3.8) is 0 Å². The number of nitrogens with two attached hydrogens (primary N) is 1. The molecule has 0 aliphatic carbocycles. The fraction of sp³-hybridized carbons (Fsp3) is 0.100. The van der Waals surface area contributed by atoms with E-state index in [9.17, 15) is 0 Å². The molecule has 1 aromatic heterocycles. The Hall–Kier alpha value is -0.550. The van der Waals surface area contributed by atoms with Crippen molar-refractivity contribution >= 4 is 39.1 Å². The summed E-state index contributed by atoms with van der Waals surface area (Å²) >= 11 is 15.3. The van der Waals surface area contributed by atoms with Gasteiger partial charge in [-0.15, -0.1) is 0 Å². The van der Waals surface area contributed by atoms with Gasteiger partial charge in [-0.3, -0.25) is 0 Å². The quantitative estimate of drug-likeness (QED) is 0.921. The van der Waals surface area contributed by atoms with E-state index in [0.29, 0.717) is 16.6 Å². The van der Waals surface area contributed by atoms with Crippen molar-refractivity contribution in [1.82, 2.24) is 9.78 Å². The van der Waals surface area contributed by atoms with Gasteiger partial charge in [-0.1, -0.05) is 23.2 Å². The topological polar surface area (TPSA) is 43.8 Å². The Morgan fingerprint density at radius 1 is 1.38 bits per heavy atom. The third kappa shape index (κ3) is 2.25. The summed E-state index contributed by atoms with van der Waals surface area (Å²) < 4.78 is 2.53. The first-order chi connectivity index (χ1) is 7.61. The number of halogens is 3. The molecule has 0 unspecified atom stereocenters. The lowest BCUT2D eigenvalue weighted by Gasteiger charge is -2.03. The van der Waals surface area contributed by atoms with E-state index in [4.69, 9.17) is 28.9 Å². The van der Waals surface area contributed by atoms with Crippen LogP contribution in [0.15, 0.2) is 28.9 Å². The highest BCUT2D eigenvalue weighted by atomic mass is 79.9. The summed E-state index contributed by atoms with van der Waals surface area (Å²) in [6.07, 6.45) is 1.82. The Morgan fingerprint density at radius 2 is 2.12 bits per heavy atom. The second kappa shape index (κ2) is 4.75. The van der Waals surface area contributed by atoms with E-state index in [1.807, 2.05) is 12.3 Å². The van der Waals surface area contributed by atoms with Gasteiger partial charge in [0.1, 0.15) is 0 Å². The molecule has 0 saturated carbocycles. The van der Waals surface area contributed by atoms with E-state index in [0.717, 1.165) is 15.9 Å². The summed E-state index contributed by atoms with van der Waals surface area (Å²) in [5, 5.41) is 5.45. The van der Waals surface area contributed by atoms with Crippen LogP contribution < -0.4 is 5.73 Å². The zero-order valence-electron chi connectivity index (χ0n) is 8.12. The summed E-state index contributed by atoms with van der Waals surface area (Å²) in [7, 11) is 0. The second-order valence-electron chi connectivity index (χ2n) is 3.17. The molecular formula is C10H8BrCl2N3. The molecule has 2 aromatic rings. The molecule has 0 fully saturated rings. The van der Waals surface area contributed by atoms with Gasteiger partial charge < -0.3 is 5.73 Å². The molecule has 0 aliphatic rings. The van der Waals surface area contributed by atoms with Gasteiger partial charge in [-0.2, -0.15) is 5.10 Å². The number of hydrogen-bond donors (Lipinski definition) is 1. The van der Waals surface area contributed by atoms with Gasteiger partial charge in [-0.25, -0.2) is 4.68 Å². The highest BCUT2D eigenvalue weighted by molar-refractivity contribution is 9.10. The van der Waals surface area contributed by atoms with Crippen LogP contribution in [0.5, 0.6) is 0 Å². The Balaban J connectivity index is 2.50. The van der Waals surface area contributed by atoms with Crippen LogP contribution in [0.25, 0.3) is 5.69 Å². The smallest absolute Gasteiger partial charge is 0.0906 e. The van der Waals surface area contributed by atoms with Crippen LogP contribution in [0.4, 0.5) is 0 Å². The van der Waals surface area contributed by atoms with Crippen LogP contribution >= 0.6 is 39.1 Å². The third-order valence-corrected chi connectivity index (χ3v) is 3.29. The van der Waals surface area contributed by atoms with E-state index in [1.54, 1.807) is 16.8 Å². The van der Waals surface area contributed by atoms with E-state index in [2.05, 4.69) is 21.0 Å². The van der Waals surface area contributed by atoms with Crippen LogP contribution in [-0.2, 0) is 6.54 Å². The Morgan fingerprint density at radius 3 is 2.69 bits per heavy atom. The predicted octanol–water partition coefficient (Wildman–Crippen LogP) is 3.40. The van der Waals surface area contributed by atoms with Crippen molar-refractivity contribution in [2.24, 2.45) is 5.73 Å². The molecule has 1 aromatic carbocycles. The van der Waals surface area contributed by atoms with Crippen molar-refractivity contribution < 1.29 is 0 Å². The van der Waals surface area contributed by atoms with Gasteiger partial charge in [0.15, 0.2) is 0 Å².